The Morgan fingerprint density at radius 1 is 1.56 bits per heavy atom. The number of rotatable bonds is 6. The van der Waals surface area contributed by atoms with E-state index in [2.05, 4.69) is 5.32 Å². The van der Waals surface area contributed by atoms with Crippen molar-refractivity contribution in [3.05, 3.63) is 0 Å². The Labute approximate surface area is 96.7 Å². The van der Waals surface area contributed by atoms with Crippen LogP contribution >= 0.6 is 0 Å². The zero-order valence-electron chi connectivity index (χ0n) is 9.92. The molecule has 2 N–H and O–H groups in total. The van der Waals surface area contributed by atoms with Gasteiger partial charge in [-0.3, -0.25) is 10.2 Å². The normalized spacial score (nSPS) is 16.3. The topological polar surface area (TPSA) is 65.4 Å². The second-order valence-corrected chi connectivity index (χ2v) is 3.98. The zero-order chi connectivity index (χ0) is 11.8. The van der Waals surface area contributed by atoms with Gasteiger partial charge in [0, 0.05) is 39.6 Å². The largest absolute Gasteiger partial charge is 0.383 e. The van der Waals surface area contributed by atoms with E-state index in [1.807, 2.05) is 4.90 Å². The molecule has 1 aliphatic rings. The second-order valence-electron chi connectivity index (χ2n) is 3.98. The summed E-state index contributed by atoms with van der Waals surface area (Å²) >= 11 is 0. The number of piperidine rings is 1. The van der Waals surface area contributed by atoms with E-state index >= 15 is 0 Å². The van der Waals surface area contributed by atoms with Gasteiger partial charge in [0.2, 0.25) is 5.91 Å². The number of methoxy groups -OCH3 is 1. The van der Waals surface area contributed by atoms with Crippen LogP contribution in [0.4, 0.5) is 0 Å². The van der Waals surface area contributed by atoms with Crippen molar-refractivity contribution in [1.29, 1.82) is 5.41 Å². The van der Waals surface area contributed by atoms with Gasteiger partial charge in [-0.2, -0.15) is 0 Å². The second kappa shape index (κ2) is 7.22. The van der Waals surface area contributed by atoms with Crippen LogP contribution in [0, 0.1) is 5.41 Å². The first-order valence-corrected chi connectivity index (χ1v) is 5.82. The summed E-state index contributed by atoms with van der Waals surface area (Å²) in [4.78, 5) is 13.4. The number of amidine groups is 1. The van der Waals surface area contributed by atoms with Gasteiger partial charge >= 0.3 is 0 Å². The molecule has 5 nitrogen and oxygen atoms in total. The number of hydrogen-bond acceptors (Lipinski definition) is 3. The van der Waals surface area contributed by atoms with Crippen LogP contribution in [-0.2, 0) is 9.53 Å². The molecule has 1 fully saturated rings. The molecule has 0 aromatic rings. The molecule has 5 heteroatoms. The van der Waals surface area contributed by atoms with Gasteiger partial charge in [0.15, 0.2) is 0 Å². The molecule has 0 unspecified atom stereocenters. The van der Waals surface area contributed by atoms with Crippen molar-refractivity contribution in [3.8, 4) is 0 Å². The third-order valence-electron chi connectivity index (χ3n) is 2.71. The smallest absolute Gasteiger partial charge is 0.221 e. The van der Waals surface area contributed by atoms with Crippen LogP contribution in [-0.4, -0.2) is 50.0 Å². The maximum Gasteiger partial charge on any atom is 0.221 e. The van der Waals surface area contributed by atoms with Crippen molar-refractivity contribution in [2.75, 3.05) is 33.4 Å². The summed E-state index contributed by atoms with van der Waals surface area (Å²) in [6.45, 7) is 2.69. The lowest BCUT2D eigenvalue weighted by molar-refractivity contribution is -0.121. The molecule has 0 aromatic heterocycles. The van der Waals surface area contributed by atoms with E-state index in [1.165, 1.54) is 0 Å². The summed E-state index contributed by atoms with van der Waals surface area (Å²) in [7, 11) is 1.61. The van der Waals surface area contributed by atoms with Gasteiger partial charge in [-0.05, 0) is 12.8 Å². The molecule has 92 valence electrons. The monoisotopic (exact) mass is 227 g/mol. The molecule has 1 amide bonds. The van der Waals surface area contributed by atoms with Crippen molar-refractivity contribution in [1.82, 2.24) is 10.2 Å². The molecule has 1 aliphatic heterocycles. The quantitative estimate of drug-likeness (QED) is 0.653. The number of likely N-dealkylation sites (tertiary alicyclic amines) is 1. The molecule has 0 aliphatic carbocycles. The first-order chi connectivity index (χ1) is 7.74. The maximum absolute atomic E-state index is 11.4. The van der Waals surface area contributed by atoms with Gasteiger partial charge in [0.1, 0.15) is 0 Å². The highest BCUT2D eigenvalue weighted by Crippen LogP contribution is 2.10. The molecule has 1 saturated heterocycles. The molecule has 0 aromatic carbocycles. The maximum atomic E-state index is 11.4. The number of ether oxygens (including phenoxy) is 1. The fourth-order valence-corrected chi connectivity index (χ4v) is 1.75. The lowest BCUT2D eigenvalue weighted by Gasteiger charge is -2.28. The minimum atomic E-state index is 0.0374. The number of nitrogens with zero attached hydrogens (tertiary/aromatic N) is 1. The number of nitrogens with one attached hydrogen (secondary N) is 2. The summed E-state index contributed by atoms with van der Waals surface area (Å²) in [6, 6.07) is 0. The van der Waals surface area contributed by atoms with Crippen molar-refractivity contribution in [2.24, 2.45) is 0 Å². The lowest BCUT2D eigenvalue weighted by Crippen LogP contribution is -2.38. The zero-order valence-corrected chi connectivity index (χ0v) is 9.92. The van der Waals surface area contributed by atoms with Gasteiger partial charge in [-0.15, -0.1) is 0 Å². The molecular weight excluding hydrogens is 206 g/mol. The predicted octanol–water partition coefficient (Wildman–Crippen LogP) is 0.602. The van der Waals surface area contributed by atoms with E-state index in [0.717, 1.165) is 25.8 Å². The third kappa shape index (κ3) is 4.61. The number of carbonyl (C=O) groups is 1. The minimum absolute atomic E-state index is 0.0374. The standard InChI is InChI=1S/C11H21N3O2/c1-16-9-6-13-11(15)5-8-14-7-3-2-4-10(14)12/h12H,2-9H2,1H3,(H,13,15). The Morgan fingerprint density at radius 2 is 2.38 bits per heavy atom. The molecule has 1 rings (SSSR count). The molecular formula is C11H21N3O2. The number of amides is 1. The summed E-state index contributed by atoms with van der Waals surface area (Å²) < 4.78 is 4.84. The molecule has 1 heterocycles. The average Bonchev–Trinajstić information content (AvgIpc) is 2.28. The first-order valence-electron chi connectivity index (χ1n) is 5.82. The van der Waals surface area contributed by atoms with E-state index in [0.29, 0.717) is 32.0 Å². The fraction of sp³-hybridized carbons (Fsp3) is 0.818. The molecule has 0 radical (unpaired) electrons. The highest BCUT2D eigenvalue weighted by atomic mass is 16.5. The molecule has 0 bridgehead atoms. The van der Waals surface area contributed by atoms with Gasteiger partial charge < -0.3 is 15.0 Å². The van der Waals surface area contributed by atoms with Crippen LogP contribution in [0.5, 0.6) is 0 Å². The van der Waals surface area contributed by atoms with Gasteiger partial charge in [-0.25, -0.2) is 0 Å². The van der Waals surface area contributed by atoms with Crippen molar-refractivity contribution in [2.45, 2.75) is 25.7 Å². The Kier molecular flexibility index (Phi) is 5.85. The van der Waals surface area contributed by atoms with Gasteiger partial charge in [-0.1, -0.05) is 0 Å². The summed E-state index contributed by atoms with van der Waals surface area (Å²) in [5, 5.41) is 10.5. The highest BCUT2D eigenvalue weighted by Gasteiger charge is 2.15. The average molecular weight is 227 g/mol. The van der Waals surface area contributed by atoms with E-state index in [1.54, 1.807) is 7.11 Å². The van der Waals surface area contributed by atoms with Crippen LogP contribution in [0.2, 0.25) is 0 Å². The fourth-order valence-electron chi connectivity index (χ4n) is 1.75. The van der Waals surface area contributed by atoms with Crippen LogP contribution in [0.25, 0.3) is 0 Å². The molecule has 0 saturated carbocycles. The SMILES string of the molecule is COCCNC(=O)CCN1CCCCC1=N. The highest BCUT2D eigenvalue weighted by molar-refractivity contribution is 5.81. The molecule has 0 atom stereocenters. The van der Waals surface area contributed by atoms with E-state index in [9.17, 15) is 4.79 Å². The van der Waals surface area contributed by atoms with E-state index < -0.39 is 0 Å². The number of hydrogen-bond donors (Lipinski definition) is 2. The van der Waals surface area contributed by atoms with Gasteiger partial charge in [0.05, 0.1) is 12.4 Å². The van der Waals surface area contributed by atoms with E-state index in [-0.39, 0.29) is 5.91 Å². The Hall–Kier alpha value is -1.10. The number of carbonyl (C=O) groups excluding carboxylic acids is 1. The van der Waals surface area contributed by atoms with Crippen molar-refractivity contribution < 1.29 is 9.53 Å². The first kappa shape index (κ1) is 13.0. The predicted molar refractivity (Wildman–Crippen MR) is 62.7 cm³/mol. The lowest BCUT2D eigenvalue weighted by atomic mass is 10.1. The van der Waals surface area contributed by atoms with Crippen LogP contribution in [0.15, 0.2) is 0 Å². The molecule has 16 heavy (non-hydrogen) atoms. The van der Waals surface area contributed by atoms with Crippen molar-refractivity contribution >= 4 is 11.7 Å². The third-order valence-corrected chi connectivity index (χ3v) is 2.71. The van der Waals surface area contributed by atoms with Crippen LogP contribution < -0.4 is 5.32 Å². The van der Waals surface area contributed by atoms with Gasteiger partial charge in [0.25, 0.3) is 0 Å². The summed E-state index contributed by atoms with van der Waals surface area (Å²) in [6.07, 6.45) is 3.56. The van der Waals surface area contributed by atoms with Crippen molar-refractivity contribution in [3.63, 3.8) is 0 Å². The summed E-state index contributed by atoms with van der Waals surface area (Å²) in [5.41, 5.74) is 0. The van der Waals surface area contributed by atoms with Crippen LogP contribution in [0.3, 0.4) is 0 Å². The Balaban J connectivity index is 2.12. The Morgan fingerprint density at radius 3 is 3.06 bits per heavy atom. The van der Waals surface area contributed by atoms with Crippen LogP contribution in [0.1, 0.15) is 25.7 Å². The molecule has 0 spiro atoms. The minimum Gasteiger partial charge on any atom is -0.383 e. The Bertz CT molecular complexity index is 243. The summed E-state index contributed by atoms with van der Waals surface area (Å²) in [5.74, 6) is 0.714. The van der Waals surface area contributed by atoms with E-state index in [4.69, 9.17) is 10.1 Å².